The van der Waals surface area contributed by atoms with E-state index < -0.39 is 12.8 Å². The molecule has 1 aromatic carbocycles. The van der Waals surface area contributed by atoms with Crippen LogP contribution in [0.4, 0.5) is 18.9 Å². The van der Waals surface area contributed by atoms with Crippen molar-refractivity contribution in [3.05, 3.63) is 28.8 Å². The Hall–Kier alpha value is -0.940. The zero-order chi connectivity index (χ0) is 13.6. The fraction of sp³-hybridized carbons (Fsp3) is 0.500. The average Bonchev–Trinajstić information content (AvgIpc) is 2.25. The third kappa shape index (κ3) is 5.60. The topological polar surface area (TPSA) is 21.3 Å². The van der Waals surface area contributed by atoms with Gasteiger partial charge in [-0.15, -0.1) is 0 Å². The van der Waals surface area contributed by atoms with Crippen LogP contribution in [0.15, 0.2) is 18.2 Å². The second kappa shape index (κ2) is 6.85. The van der Waals surface area contributed by atoms with Crippen LogP contribution in [0.5, 0.6) is 0 Å². The quantitative estimate of drug-likeness (QED) is 0.795. The molecule has 0 bridgehead atoms. The smallest absolute Gasteiger partial charge is 0.384 e. The summed E-state index contributed by atoms with van der Waals surface area (Å²) in [6, 6.07) is 5.51. The first kappa shape index (κ1) is 15.1. The molecule has 0 unspecified atom stereocenters. The maximum Gasteiger partial charge on any atom is 0.411 e. The van der Waals surface area contributed by atoms with Crippen molar-refractivity contribution in [2.24, 2.45) is 0 Å². The van der Waals surface area contributed by atoms with Gasteiger partial charge in [0.1, 0.15) is 6.61 Å². The van der Waals surface area contributed by atoms with Gasteiger partial charge in [0.05, 0.1) is 10.7 Å². The maximum atomic E-state index is 11.8. The van der Waals surface area contributed by atoms with Gasteiger partial charge in [-0.1, -0.05) is 23.7 Å². The number of rotatable bonds is 6. The molecule has 0 atom stereocenters. The first-order valence-corrected chi connectivity index (χ1v) is 5.91. The van der Waals surface area contributed by atoms with E-state index in [1.807, 2.05) is 19.1 Å². The van der Waals surface area contributed by atoms with Crippen molar-refractivity contribution in [1.82, 2.24) is 0 Å². The van der Waals surface area contributed by atoms with Crippen LogP contribution >= 0.6 is 11.6 Å². The third-order valence-electron chi connectivity index (χ3n) is 2.25. The maximum absolute atomic E-state index is 11.8. The van der Waals surface area contributed by atoms with E-state index in [-0.39, 0.29) is 6.61 Å². The van der Waals surface area contributed by atoms with E-state index in [9.17, 15) is 13.2 Å². The molecule has 0 aliphatic carbocycles. The second-order valence-corrected chi connectivity index (χ2v) is 4.29. The van der Waals surface area contributed by atoms with E-state index in [1.54, 1.807) is 6.07 Å². The average molecular weight is 282 g/mol. The molecule has 0 amide bonds. The summed E-state index contributed by atoms with van der Waals surface area (Å²) in [6.07, 6.45) is -3.77. The molecule has 0 fully saturated rings. The number of aryl methyl sites for hydroxylation is 1. The highest BCUT2D eigenvalue weighted by molar-refractivity contribution is 6.33. The summed E-state index contributed by atoms with van der Waals surface area (Å²) in [5, 5.41) is 3.69. The summed E-state index contributed by atoms with van der Waals surface area (Å²) in [5.74, 6) is 0. The van der Waals surface area contributed by atoms with E-state index in [0.717, 1.165) is 11.3 Å². The molecule has 0 heterocycles. The Morgan fingerprint density at radius 3 is 2.67 bits per heavy atom. The van der Waals surface area contributed by atoms with Gasteiger partial charge in [0.15, 0.2) is 0 Å². The molecular formula is C12H15ClF3NO. The molecule has 1 N–H and O–H groups in total. The number of benzene rings is 1. The molecule has 0 aliphatic rings. The van der Waals surface area contributed by atoms with Crippen LogP contribution in [-0.4, -0.2) is 25.9 Å². The Morgan fingerprint density at radius 1 is 1.33 bits per heavy atom. The molecule has 1 rings (SSSR count). The Labute approximate surface area is 109 Å². The predicted molar refractivity (Wildman–Crippen MR) is 66.2 cm³/mol. The van der Waals surface area contributed by atoms with Crippen molar-refractivity contribution >= 4 is 17.3 Å². The second-order valence-electron chi connectivity index (χ2n) is 3.88. The molecule has 6 heteroatoms. The van der Waals surface area contributed by atoms with Gasteiger partial charge >= 0.3 is 6.18 Å². The van der Waals surface area contributed by atoms with Gasteiger partial charge in [-0.2, -0.15) is 13.2 Å². The van der Waals surface area contributed by atoms with Crippen molar-refractivity contribution in [2.45, 2.75) is 19.5 Å². The summed E-state index contributed by atoms with van der Waals surface area (Å²) in [6.45, 7) is 1.30. The van der Waals surface area contributed by atoms with Gasteiger partial charge in [-0.25, -0.2) is 0 Å². The van der Waals surface area contributed by atoms with E-state index in [4.69, 9.17) is 11.6 Å². The van der Waals surface area contributed by atoms with Crippen molar-refractivity contribution in [1.29, 1.82) is 0 Å². The van der Waals surface area contributed by atoms with Gasteiger partial charge in [0.2, 0.25) is 0 Å². The van der Waals surface area contributed by atoms with Gasteiger partial charge < -0.3 is 10.1 Å². The highest BCUT2D eigenvalue weighted by Gasteiger charge is 2.27. The molecule has 0 aromatic heterocycles. The lowest BCUT2D eigenvalue weighted by atomic mass is 10.2. The van der Waals surface area contributed by atoms with Crippen LogP contribution in [0.3, 0.4) is 0 Å². The van der Waals surface area contributed by atoms with Crippen molar-refractivity contribution in [2.75, 3.05) is 25.1 Å². The lowest BCUT2D eigenvalue weighted by Gasteiger charge is -2.11. The van der Waals surface area contributed by atoms with E-state index >= 15 is 0 Å². The SMILES string of the molecule is Cc1cccc(Cl)c1NCCCOCC(F)(F)F. The Bertz CT molecular complexity index is 362. The summed E-state index contributed by atoms with van der Waals surface area (Å²) in [7, 11) is 0. The van der Waals surface area contributed by atoms with Gasteiger partial charge in [0.25, 0.3) is 0 Å². The number of halogens is 4. The van der Waals surface area contributed by atoms with Crippen molar-refractivity contribution in [3.63, 3.8) is 0 Å². The molecule has 2 nitrogen and oxygen atoms in total. The summed E-state index contributed by atoms with van der Waals surface area (Å²) in [4.78, 5) is 0. The predicted octanol–water partition coefficient (Wildman–Crippen LogP) is 4.03. The number of para-hydroxylation sites is 1. The van der Waals surface area contributed by atoms with Crippen molar-refractivity contribution in [3.8, 4) is 0 Å². The van der Waals surface area contributed by atoms with Crippen LogP contribution in [0, 0.1) is 6.92 Å². The molecule has 0 saturated heterocycles. The first-order chi connectivity index (χ1) is 8.40. The number of nitrogens with one attached hydrogen (secondary N) is 1. The van der Waals surface area contributed by atoms with Crippen molar-refractivity contribution < 1.29 is 17.9 Å². The summed E-state index contributed by atoms with van der Waals surface area (Å²) in [5.41, 5.74) is 1.81. The highest BCUT2D eigenvalue weighted by atomic mass is 35.5. The highest BCUT2D eigenvalue weighted by Crippen LogP contribution is 2.24. The molecular weight excluding hydrogens is 267 g/mol. The lowest BCUT2D eigenvalue weighted by molar-refractivity contribution is -0.173. The monoisotopic (exact) mass is 281 g/mol. The minimum absolute atomic E-state index is 0.0655. The molecule has 1 aromatic rings. The molecule has 0 saturated carbocycles. The molecule has 102 valence electrons. The third-order valence-corrected chi connectivity index (χ3v) is 2.57. The van der Waals surface area contributed by atoms with Crippen LogP contribution in [-0.2, 0) is 4.74 Å². The van der Waals surface area contributed by atoms with Crippen LogP contribution in [0.25, 0.3) is 0 Å². The van der Waals surface area contributed by atoms with Crippen LogP contribution in [0.1, 0.15) is 12.0 Å². The van der Waals surface area contributed by atoms with Crippen LogP contribution in [0.2, 0.25) is 5.02 Å². The largest absolute Gasteiger partial charge is 0.411 e. The molecule has 0 aliphatic heterocycles. The van der Waals surface area contributed by atoms with E-state index in [0.29, 0.717) is 18.0 Å². The summed E-state index contributed by atoms with van der Waals surface area (Å²) < 4.78 is 39.8. The lowest BCUT2D eigenvalue weighted by Crippen LogP contribution is -2.18. The zero-order valence-corrected chi connectivity index (χ0v) is 10.7. The Balaban J connectivity index is 2.22. The molecule has 0 spiro atoms. The fourth-order valence-electron chi connectivity index (χ4n) is 1.43. The number of hydrogen-bond acceptors (Lipinski definition) is 2. The van der Waals surface area contributed by atoms with Crippen LogP contribution < -0.4 is 5.32 Å². The number of ether oxygens (including phenoxy) is 1. The minimum atomic E-state index is -4.26. The van der Waals surface area contributed by atoms with E-state index in [1.165, 1.54) is 0 Å². The normalized spacial score (nSPS) is 11.6. The fourth-order valence-corrected chi connectivity index (χ4v) is 1.72. The molecule has 0 radical (unpaired) electrons. The standard InChI is InChI=1S/C12H15ClF3NO/c1-9-4-2-5-10(13)11(9)17-6-3-7-18-8-12(14,15)16/h2,4-5,17H,3,6-8H2,1H3. The number of alkyl halides is 3. The molecule has 18 heavy (non-hydrogen) atoms. The van der Waals surface area contributed by atoms with E-state index in [2.05, 4.69) is 10.1 Å². The Kier molecular flexibility index (Phi) is 5.75. The summed E-state index contributed by atoms with van der Waals surface area (Å²) >= 11 is 5.99. The number of anilines is 1. The first-order valence-electron chi connectivity index (χ1n) is 5.53. The Morgan fingerprint density at radius 2 is 2.06 bits per heavy atom. The van der Waals surface area contributed by atoms with Gasteiger partial charge in [-0.3, -0.25) is 0 Å². The van der Waals surface area contributed by atoms with Gasteiger partial charge in [-0.05, 0) is 25.0 Å². The minimum Gasteiger partial charge on any atom is -0.384 e. The number of hydrogen-bond donors (Lipinski definition) is 1. The van der Waals surface area contributed by atoms with Gasteiger partial charge in [0, 0.05) is 13.2 Å². The zero-order valence-electron chi connectivity index (χ0n) is 9.98.